The quantitative estimate of drug-likeness (QED) is 0.836. The van der Waals surface area contributed by atoms with Gasteiger partial charge in [0.25, 0.3) is 5.91 Å². The van der Waals surface area contributed by atoms with Crippen LogP contribution < -0.4 is 4.74 Å². The zero-order valence-corrected chi connectivity index (χ0v) is 13.3. The van der Waals surface area contributed by atoms with Crippen LogP contribution in [-0.4, -0.2) is 58.7 Å². The molecule has 0 aliphatic carbocycles. The monoisotopic (exact) mass is 318 g/mol. The summed E-state index contributed by atoms with van der Waals surface area (Å²) in [6, 6.07) is 6.91. The lowest BCUT2D eigenvalue weighted by Gasteiger charge is -2.26. The lowest BCUT2D eigenvalue weighted by molar-refractivity contribution is -0.129. The number of ether oxygens (including phenoxy) is 1. The molecule has 2 heterocycles. The Bertz CT molecular complexity index is 580. The fourth-order valence-electron chi connectivity index (χ4n) is 3.18. The average molecular weight is 318 g/mol. The van der Waals surface area contributed by atoms with Gasteiger partial charge in [0, 0.05) is 6.54 Å². The van der Waals surface area contributed by atoms with Crippen molar-refractivity contribution in [2.45, 2.75) is 38.3 Å². The number of fused-ring (bicyclic) bond motifs is 1. The summed E-state index contributed by atoms with van der Waals surface area (Å²) in [5.41, 5.74) is 1.07. The summed E-state index contributed by atoms with van der Waals surface area (Å²) in [7, 11) is 0. The number of aryl methyl sites for hydroxylation is 1. The molecular weight excluding hydrogens is 296 g/mol. The Kier molecular flexibility index (Phi) is 4.52. The van der Waals surface area contributed by atoms with Crippen LogP contribution in [0.2, 0.25) is 0 Å². The number of carbonyl (C=O) groups is 2. The van der Waals surface area contributed by atoms with E-state index < -0.39 is 6.10 Å². The molecule has 0 bridgehead atoms. The first-order valence-electron chi connectivity index (χ1n) is 8.06. The van der Waals surface area contributed by atoms with Crippen LogP contribution in [0.5, 0.6) is 5.75 Å². The van der Waals surface area contributed by atoms with Crippen molar-refractivity contribution in [1.29, 1.82) is 0 Å². The number of benzene rings is 1. The van der Waals surface area contributed by atoms with Gasteiger partial charge in [-0.1, -0.05) is 12.1 Å². The molecule has 1 aromatic rings. The molecule has 2 atom stereocenters. The maximum atomic E-state index is 12.3. The van der Waals surface area contributed by atoms with E-state index in [0.717, 1.165) is 24.8 Å². The van der Waals surface area contributed by atoms with E-state index in [9.17, 15) is 14.7 Å². The van der Waals surface area contributed by atoms with E-state index in [1.807, 2.05) is 31.2 Å². The van der Waals surface area contributed by atoms with Crippen LogP contribution in [0, 0.1) is 6.92 Å². The molecule has 3 amide bonds. The van der Waals surface area contributed by atoms with Crippen molar-refractivity contribution in [3.05, 3.63) is 29.8 Å². The number of piperidine rings is 1. The minimum atomic E-state index is -0.898. The summed E-state index contributed by atoms with van der Waals surface area (Å²) in [5, 5.41) is 10.1. The van der Waals surface area contributed by atoms with Crippen molar-refractivity contribution in [2.75, 3.05) is 19.7 Å². The molecular formula is C17H22N2O4. The molecule has 2 fully saturated rings. The lowest BCUT2D eigenvalue weighted by Crippen LogP contribution is -2.40. The second-order valence-corrected chi connectivity index (χ2v) is 6.22. The number of nitrogens with zero attached hydrogens (tertiary/aromatic N) is 2. The number of imide groups is 1. The fraction of sp³-hybridized carbons (Fsp3) is 0.529. The second-order valence-electron chi connectivity index (χ2n) is 6.22. The highest BCUT2D eigenvalue weighted by Crippen LogP contribution is 2.26. The Balaban J connectivity index is 1.56. The van der Waals surface area contributed by atoms with Gasteiger partial charge in [-0.25, -0.2) is 4.79 Å². The van der Waals surface area contributed by atoms with Gasteiger partial charge in [-0.15, -0.1) is 0 Å². The van der Waals surface area contributed by atoms with Crippen molar-refractivity contribution in [3.63, 3.8) is 0 Å². The lowest BCUT2D eigenvalue weighted by atomic mass is 10.0. The molecule has 2 aliphatic rings. The first kappa shape index (κ1) is 15.8. The molecule has 6 heteroatoms. The van der Waals surface area contributed by atoms with Crippen LogP contribution in [0.25, 0.3) is 0 Å². The summed E-state index contributed by atoms with van der Waals surface area (Å²) in [5.74, 6) is 0.477. The minimum absolute atomic E-state index is 0.0174. The summed E-state index contributed by atoms with van der Waals surface area (Å²) < 4.78 is 5.54. The Morgan fingerprint density at radius 3 is 2.91 bits per heavy atom. The molecule has 3 rings (SSSR count). The molecule has 2 saturated heterocycles. The third-order valence-electron chi connectivity index (χ3n) is 4.36. The van der Waals surface area contributed by atoms with Crippen LogP contribution in [0.3, 0.4) is 0 Å². The zero-order valence-electron chi connectivity index (χ0n) is 13.3. The number of hydrogen-bond acceptors (Lipinski definition) is 4. The number of aliphatic hydroxyl groups excluding tert-OH is 1. The maximum absolute atomic E-state index is 12.3. The fourth-order valence-corrected chi connectivity index (χ4v) is 3.18. The van der Waals surface area contributed by atoms with Crippen LogP contribution in [0.15, 0.2) is 24.3 Å². The van der Waals surface area contributed by atoms with Gasteiger partial charge in [0.05, 0.1) is 6.54 Å². The number of aliphatic hydroxyl groups is 1. The van der Waals surface area contributed by atoms with E-state index in [0.29, 0.717) is 12.3 Å². The summed E-state index contributed by atoms with van der Waals surface area (Å²) >= 11 is 0. The Labute approximate surface area is 135 Å². The molecule has 0 spiro atoms. The normalized spacial score (nSPS) is 22.3. The van der Waals surface area contributed by atoms with E-state index in [-0.39, 0.29) is 31.1 Å². The van der Waals surface area contributed by atoms with Gasteiger partial charge in [-0.3, -0.25) is 9.69 Å². The highest BCUT2D eigenvalue weighted by Gasteiger charge is 2.46. The van der Waals surface area contributed by atoms with Gasteiger partial charge in [-0.05, 0) is 43.9 Å². The molecule has 1 N–H and O–H groups in total. The minimum Gasteiger partial charge on any atom is -0.491 e. The van der Waals surface area contributed by atoms with Gasteiger partial charge < -0.3 is 14.7 Å². The third kappa shape index (κ3) is 3.32. The van der Waals surface area contributed by atoms with Crippen molar-refractivity contribution in [2.24, 2.45) is 0 Å². The number of β-amino-alcohol motifs (C(OH)–C–C–N with tert-alkyl or cyclic N) is 1. The standard InChI is InChI=1S/C17H22N2O4/c1-12-5-4-6-14(9-12)23-11-13(20)10-19-16(21)15-7-2-3-8-18(15)17(19)22/h4-6,9,13,15,20H,2-3,7-8,10-11H2,1H3. The number of amides is 3. The van der Waals surface area contributed by atoms with Gasteiger partial charge >= 0.3 is 6.03 Å². The third-order valence-corrected chi connectivity index (χ3v) is 4.36. The smallest absolute Gasteiger partial charge is 0.327 e. The number of hydrogen-bond donors (Lipinski definition) is 1. The molecule has 2 unspecified atom stereocenters. The summed E-state index contributed by atoms with van der Waals surface area (Å²) in [4.78, 5) is 27.4. The topological polar surface area (TPSA) is 70.1 Å². The van der Waals surface area contributed by atoms with Crippen LogP contribution in [0.4, 0.5) is 4.79 Å². The first-order valence-corrected chi connectivity index (χ1v) is 8.06. The van der Waals surface area contributed by atoms with Crippen molar-refractivity contribution >= 4 is 11.9 Å². The van der Waals surface area contributed by atoms with Crippen molar-refractivity contribution in [1.82, 2.24) is 9.80 Å². The van der Waals surface area contributed by atoms with E-state index in [1.54, 1.807) is 4.90 Å². The number of rotatable bonds is 5. The Morgan fingerprint density at radius 2 is 2.17 bits per heavy atom. The molecule has 23 heavy (non-hydrogen) atoms. The van der Waals surface area contributed by atoms with Crippen molar-refractivity contribution < 1.29 is 19.4 Å². The molecule has 0 saturated carbocycles. The SMILES string of the molecule is Cc1cccc(OCC(O)CN2C(=O)C3CCCCN3C2=O)c1. The van der Waals surface area contributed by atoms with Gasteiger partial charge in [-0.2, -0.15) is 0 Å². The largest absolute Gasteiger partial charge is 0.491 e. The van der Waals surface area contributed by atoms with Gasteiger partial charge in [0.1, 0.15) is 24.5 Å². The molecule has 1 aromatic carbocycles. The average Bonchev–Trinajstić information content (AvgIpc) is 2.79. The zero-order chi connectivity index (χ0) is 16.4. The van der Waals surface area contributed by atoms with E-state index in [1.165, 1.54) is 4.90 Å². The highest BCUT2D eigenvalue weighted by atomic mass is 16.5. The van der Waals surface area contributed by atoms with Crippen LogP contribution >= 0.6 is 0 Å². The highest BCUT2D eigenvalue weighted by molar-refractivity contribution is 6.04. The Morgan fingerprint density at radius 1 is 1.35 bits per heavy atom. The number of urea groups is 1. The summed E-state index contributed by atoms with van der Waals surface area (Å²) in [6.07, 6.45) is 1.72. The van der Waals surface area contributed by atoms with E-state index in [4.69, 9.17) is 4.74 Å². The van der Waals surface area contributed by atoms with Gasteiger partial charge in [0.15, 0.2) is 0 Å². The first-order chi connectivity index (χ1) is 11.1. The number of carbonyl (C=O) groups excluding carboxylic acids is 2. The van der Waals surface area contributed by atoms with Gasteiger partial charge in [0.2, 0.25) is 0 Å². The predicted molar refractivity (Wildman–Crippen MR) is 84.1 cm³/mol. The molecule has 2 aliphatic heterocycles. The predicted octanol–water partition coefficient (Wildman–Crippen LogP) is 1.55. The van der Waals surface area contributed by atoms with Crippen LogP contribution in [-0.2, 0) is 4.79 Å². The Hall–Kier alpha value is -2.08. The second kappa shape index (κ2) is 6.58. The molecule has 0 radical (unpaired) electrons. The van der Waals surface area contributed by atoms with E-state index >= 15 is 0 Å². The molecule has 6 nitrogen and oxygen atoms in total. The van der Waals surface area contributed by atoms with Crippen LogP contribution in [0.1, 0.15) is 24.8 Å². The summed E-state index contributed by atoms with van der Waals surface area (Å²) in [6.45, 7) is 2.62. The maximum Gasteiger partial charge on any atom is 0.327 e. The van der Waals surface area contributed by atoms with E-state index in [2.05, 4.69) is 0 Å². The van der Waals surface area contributed by atoms with Crippen molar-refractivity contribution in [3.8, 4) is 5.75 Å². The molecule has 124 valence electrons. The molecule has 0 aromatic heterocycles.